The van der Waals surface area contributed by atoms with Crippen LogP contribution in [-0.4, -0.2) is 64.4 Å². The Morgan fingerprint density at radius 3 is 1.89 bits per heavy atom. The number of nitrogens with zero attached hydrogens (tertiary/aromatic N) is 2. The van der Waals surface area contributed by atoms with Gasteiger partial charge in [-0.2, -0.15) is 0 Å². The highest BCUT2D eigenvalue weighted by Gasteiger charge is 2.20. The smallest absolute Gasteiger partial charge is 0.165 e. The van der Waals surface area contributed by atoms with Gasteiger partial charge in [-0.1, -0.05) is 12.1 Å². The van der Waals surface area contributed by atoms with Crippen molar-refractivity contribution in [2.45, 2.75) is 13.1 Å². The van der Waals surface area contributed by atoms with Crippen LogP contribution in [0.2, 0.25) is 0 Å². The second-order valence-electron chi connectivity index (χ2n) is 6.88. The van der Waals surface area contributed by atoms with Crippen LogP contribution in [0.4, 0.5) is 0 Å². The van der Waals surface area contributed by atoms with Gasteiger partial charge in [-0.15, -0.1) is 0 Å². The third-order valence-electron chi connectivity index (χ3n) is 5.22. The van der Waals surface area contributed by atoms with E-state index in [1.165, 1.54) is 0 Å². The number of para-hydroxylation sites is 1. The molecule has 0 saturated carbocycles. The predicted molar refractivity (Wildman–Crippen MR) is 110 cm³/mol. The van der Waals surface area contributed by atoms with Crippen LogP contribution < -0.4 is 18.9 Å². The molecule has 1 saturated heterocycles. The van der Waals surface area contributed by atoms with Gasteiger partial charge < -0.3 is 18.9 Å². The summed E-state index contributed by atoms with van der Waals surface area (Å²) in [5.74, 6) is 3.38. The molecule has 0 amide bonds. The monoisotopic (exact) mass is 386 g/mol. The lowest BCUT2D eigenvalue weighted by atomic mass is 10.1. The maximum Gasteiger partial charge on any atom is 0.165 e. The number of piperazine rings is 1. The number of methoxy groups -OCH3 is 4. The lowest BCUT2D eigenvalue weighted by Gasteiger charge is -2.35. The fraction of sp³-hybridized carbons (Fsp3) is 0.455. The van der Waals surface area contributed by atoms with Gasteiger partial charge in [0.2, 0.25) is 0 Å². The van der Waals surface area contributed by atoms with Crippen LogP contribution in [0.3, 0.4) is 0 Å². The molecule has 2 aromatic carbocycles. The first-order valence-corrected chi connectivity index (χ1v) is 9.54. The molecule has 0 spiro atoms. The summed E-state index contributed by atoms with van der Waals surface area (Å²) in [5.41, 5.74) is 2.31. The molecule has 0 N–H and O–H groups in total. The lowest BCUT2D eigenvalue weighted by Crippen LogP contribution is -2.45. The summed E-state index contributed by atoms with van der Waals surface area (Å²) in [6.07, 6.45) is 0. The van der Waals surface area contributed by atoms with Crippen molar-refractivity contribution in [3.63, 3.8) is 0 Å². The van der Waals surface area contributed by atoms with E-state index in [9.17, 15) is 0 Å². The molecule has 0 aliphatic carbocycles. The molecule has 0 radical (unpaired) electrons. The third kappa shape index (κ3) is 4.69. The Morgan fingerprint density at radius 1 is 0.679 bits per heavy atom. The molecule has 0 unspecified atom stereocenters. The van der Waals surface area contributed by atoms with Crippen molar-refractivity contribution in [3.8, 4) is 23.0 Å². The molecule has 1 heterocycles. The zero-order valence-corrected chi connectivity index (χ0v) is 17.2. The Balaban J connectivity index is 1.60. The van der Waals surface area contributed by atoms with Crippen molar-refractivity contribution >= 4 is 0 Å². The molecule has 1 aliphatic heterocycles. The van der Waals surface area contributed by atoms with Gasteiger partial charge in [0.15, 0.2) is 11.5 Å². The molecule has 1 aliphatic rings. The van der Waals surface area contributed by atoms with Crippen molar-refractivity contribution < 1.29 is 18.9 Å². The Labute approximate surface area is 167 Å². The molecule has 6 nitrogen and oxygen atoms in total. The average Bonchev–Trinajstić information content (AvgIpc) is 2.74. The summed E-state index contributed by atoms with van der Waals surface area (Å²) in [7, 11) is 6.77. The van der Waals surface area contributed by atoms with Gasteiger partial charge in [0, 0.05) is 50.4 Å². The number of hydrogen-bond acceptors (Lipinski definition) is 6. The number of hydrogen-bond donors (Lipinski definition) is 0. The van der Waals surface area contributed by atoms with Crippen molar-refractivity contribution in [1.29, 1.82) is 0 Å². The second-order valence-corrected chi connectivity index (χ2v) is 6.88. The first kappa shape index (κ1) is 20.3. The molecular formula is C22H30N2O4. The van der Waals surface area contributed by atoms with E-state index in [-0.39, 0.29) is 0 Å². The highest BCUT2D eigenvalue weighted by atomic mass is 16.5. The fourth-order valence-electron chi connectivity index (χ4n) is 3.67. The Bertz CT molecular complexity index is 761. The van der Waals surface area contributed by atoms with Gasteiger partial charge in [0.05, 0.1) is 28.4 Å². The van der Waals surface area contributed by atoms with Crippen LogP contribution in [0.1, 0.15) is 11.1 Å². The summed E-state index contributed by atoms with van der Waals surface area (Å²) < 4.78 is 21.9. The number of benzene rings is 2. The predicted octanol–water partition coefficient (Wildman–Crippen LogP) is 3.04. The molecule has 0 bridgehead atoms. The summed E-state index contributed by atoms with van der Waals surface area (Å²) >= 11 is 0. The van der Waals surface area contributed by atoms with Crippen LogP contribution >= 0.6 is 0 Å². The third-order valence-corrected chi connectivity index (χ3v) is 5.22. The fourth-order valence-corrected chi connectivity index (χ4v) is 3.67. The SMILES string of the molecule is COc1ccc(OC)c(CN2CCN(Cc3cccc(OC)c3OC)CC2)c1. The van der Waals surface area contributed by atoms with Crippen molar-refractivity contribution in [3.05, 3.63) is 47.5 Å². The van der Waals surface area contributed by atoms with Gasteiger partial charge in [0.1, 0.15) is 11.5 Å². The zero-order chi connectivity index (χ0) is 19.9. The van der Waals surface area contributed by atoms with Gasteiger partial charge in [-0.25, -0.2) is 0 Å². The van der Waals surface area contributed by atoms with Crippen LogP contribution in [-0.2, 0) is 13.1 Å². The Hall–Kier alpha value is -2.44. The zero-order valence-electron chi connectivity index (χ0n) is 17.2. The highest BCUT2D eigenvalue weighted by Crippen LogP contribution is 2.32. The molecule has 3 rings (SSSR count). The normalized spacial score (nSPS) is 15.3. The molecular weight excluding hydrogens is 356 g/mol. The van der Waals surface area contributed by atoms with Crippen LogP contribution in [0.15, 0.2) is 36.4 Å². The van der Waals surface area contributed by atoms with Crippen molar-refractivity contribution in [1.82, 2.24) is 9.80 Å². The van der Waals surface area contributed by atoms with Crippen LogP contribution in [0.25, 0.3) is 0 Å². The molecule has 1 fully saturated rings. The average molecular weight is 386 g/mol. The molecule has 28 heavy (non-hydrogen) atoms. The summed E-state index contributed by atoms with van der Waals surface area (Å²) in [4.78, 5) is 4.91. The van der Waals surface area contributed by atoms with E-state index in [1.807, 2.05) is 24.3 Å². The Morgan fingerprint density at radius 2 is 1.32 bits per heavy atom. The molecule has 2 aromatic rings. The van der Waals surface area contributed by atoms with Gasteiger partial charge in [-0.05, 0) is 24.3 Å². The molecule has 0 aromatic heterocycles. The number of ether oxygens (including phenoxy) is 4. The first-order chi connectivity index (χ1) is 13.7. The van der Waals surface area contributed by atoms with E-state index in [2.05, 4.69) is 21.9 Å². The maximum absolute atomic E-state index is 5.57. The van der Waals surface area contributed by atoms with Crippen molar-refractivity contribution in [2.75, 3.05) is 54.6 Å². The standard InChI is InChI=1S/C22H30N2O4/c1-25-19-8-9-20(26-2)18(14-19)16-24-12-10-23(11-13-24)15-17-6-5-7-21(27-3)22(17)28-4/h5-9,14H,10-13,15-16H2,1-4H3. The van der Waals surface area contributed by atoms with Gasteiger partial charge >= 0.3 is 0 Å². The van der Waals surface area contributed by atoms with Crippen molar-refractivity contribution in [2.24, 2.45) is 0 Å². The topological polar surface area (TPSA) is 43.4 Å². The van der Waals surface area contributed by atoms with E-state index < -0.39 is 0 Å². The van der Waals surface area contributed by atoms with Crippen LogP contribution in [0, 0.1) is 0 Å². The molecule has 6 heteroatoms. The van der Waals surface area contributed by atoms with Gasteiger partial charge in [-0.3, -0.25) is 9.80 Å². The minimum absolute atomic E-state index is 0.781. The second kappa shape index (κ2) is 9.66. The van der Waals surface area contributed by atoms with E-state index in [1.54, 1.807) is 28.4 Å². The van der Waals surface area contributed by atoms with E-state index in [0.29, 0.717) is 0 Å². The molecule has 0 atom stereocenters. The minimum atomic E-state index is 0.781. The minimum Gasteiger partial charge on any atom is -0.497 e. The van der Waals surface area contributed by atoms with E-state index >= 15 is 0 Å². The summed E-state index contributed by atoms with van der Waals surface area (Å²) in [6, 6.07) is 12.0. The Kier molecular flexibility index (Phi) is 7.01. The van der Waals surface area contributed by atoms with Gasteiger partial charge in [0.25, 0.3) is 0 Å². The van der Waals surface area contributed by atoms with E-state index in [0.717, 1.165) is 73.4 Å². The lowest BCUT2D eigenvalue weighted by molar-refractivity contribution is 0.120. The van der Waals surface area contributed by atoms with E-state index in [4.69, 9.17) is 18.9 Å². The molecule has 152 valence electrons. The highest BCUT2D eigenvalue weighted by molar-refractivity contribution is 5.46. The first-order valence-electron chi connectivity index (χ1n) is 9.54. The number of rotatable bonds is 8. The summed E-state index contributed by atoms with van der Waals surface area (Å²) in [5, 5.41) is 0. The maximum atomic E-state index is 5.57. The quantitative estimate of drug-likeness (QED) is 0.695. The van der Waals surface area contributed by atoms with Crippen LogP contribution in [0.5, 0.6) is 23.0 Å². The summed E-state index contributed by atoms with van der Waals surface area (Å²) in [6.45, 7) is 5.74. The largest absolute Gasteiger partial charge is 0.497 e.